The van der Waals surface area contributed by atoms with Gasteiger partial charge in [0.1, 0.15) is 5.78 Å². The van der Waals surface area contributed by atoms with Gasteiger partial charge in [-0.25, -0.2) is 0 Å². The Hall–Kier alpha value is -0.280. The SMILES string of the molecule is O=C(Cc1cccc(Br)c1)C1CCSC1. The van der Waals surface area contributed by atoms with Crippen LogP contribution in [0.25, 0.3) is 0 Å². The van der Waals surface area contributed by atoms with Gasteiger partial charge in [0, 0.05) is 22.6 Å². The minimum atomic E-state index is 0.300. The number of benzene rings is 1. The second-order valence-electron chi connectivity index (χ2n) is 3.83. The number of rotatable bonds is 3. The predicted molar refractivity (Wildman–Crippen MR) is 68.3 cm³/mol. The number of carbonyl (C=O) groups is 1. The van der Waals surface area contributed by atoms with Crippen LogP contribution < -0.4 is 0 Å². The molecule has 1 aromatic rings. The fraction of sp³-hybridized carbons (Fsp3) is 0.417. The monoisotopic (exact) mass is 284 g/mol. The van der Waals surface area contributed by atoms with E-state index in [1.807, 2.05) is 36.0 Å². The van der Waals surface area contributed by atoms with Crippen molar-refractivity contribution in [1.29, 1.82) is 0 Å². The molecule has 1 unspecified atom stereocenters. The summed E-state index contributed by atoms with van der Waals surface area (Å²) < 4.78 is 1.05. The molecule has 80 valence electrons. The topological polar surface area (TPSA) is 17.1 Å². The molecule has 1 atom stereocenters. The van der Waals surface area contributed by atoms with Crippen LogP contribution in [-0.4, -0.2) is 17.3 Å². The standard InChI is InChI=1S/C12H13BrOS/c13-11-3-1-2-9(6-11)7-12(14)10-4-5-15-8-10/h1-3,6,10H,4-5,7-8H2. The van der Waals surface area contributed by atoms with Crippen LogP contribution in [0.15, 0.2) is 28.7 Å². The molecule has 1 nitrogen and oxygen atoms in total. The third-order valence-electron chi connectivity index (χ3n) is 2.65. The Labute approximate surface area is 103 Å². The maximum Gasteiger partial charge on any atom is 0.141 e. The molecule has 1 fully saturated rings. The average molecular weight is 285 g/mol. The maximum atomic E-state index is 11.9. The van der Waals surface area contributed by atoms with E-state index in [-0.39, 0.29) is 0 Å². The van der Waals surface area contributed by atoms with Crippen LogP contribution in [0.5, 0.6) is 0 Å². The third kappa shape index (κ3) is 3.08. The van der Waals surface area contributed by atoms with E-state index in [9.17, 15) is 4.79 Å². The molecular formula is C12H13BrOS. The van der Waals surface area contributed by atoms with Crippen LogP contribution in [0.4, 0.5) is 0 Å². The summed E-state index contributed by atoms with van der Waals surface area (Å²) in [4.78, 5) is 11.9. The van der Waals surface area contributed by atoms with Crippen LogP contribution in [0.1, 0.15) is 12.0 Å². The van der Waals surface area contributed by atoms with Crippen LogP contribution in [-0.2, 0) is 11.2 Å². The van der Waals surface area contributed by atoms with Crippen molar-refractivity contribution in [3.05, 3.63) is 34.3 Å². The Bertz CT molecular complexity index is 358. The van der Waals surface area contributed by atoms with Gasteiger partial charge < -0.3 is 0 Å². The number of carbonyl (C=O) groups excluding carboxylic acids is 1. The molecule has 0 spiro atoms. The zero-order valence-corrected chi connectivity index (χ0v) is 10.8. The highest BCUT2D eigenvalue weighted by Gasteiger charge is 2.22. The minimum Gasteiger partial charge on any atom is -0.299 e. The molecule has 1 aliphatic heterocycles. The van der Waals surface area contributed by atoms with E-state index < -0.39 is 0 Å². The van der Waals surface area contributed by atoms with Crippen molar-refractivity contribution in [1.82, 2.24) is 0 Å². The molecule has 1 saturated heterocycles. The van der Waals surface area contributed by atoms with Gasteiger partial charge in [-0.15, -0.1) is 0 Å². The normalized spacial score (nSPS) is 20.5. The first-order valence-corrected chi connectivity index (χ1v) is 7.05. The summed E-state index contributed by atoms with van der Waals surface area (Å²) in [5, 5.41) is 0. The van der Waals surface area contributed by atoms with Crippen molar-refractivity contribution in [2.45, 2.75) is 12.8 Å². The molecule has 0 saturated carbocycles. The molecule has 1 aliphatic rings. The lowest BCUT2D eigenvalue weighted by atomic mass is 9.97. The van der Waals surface area contributed by atoms with Crippen molar-refractivity contribution in [2.24, 2.45) is 5.92 Å². The zero-order valence-electron chi connectivity index (χ0n) is 8.41. The number of hydrogen-bond donors (Lipinski definition) is 0. The van der Waals surface area contributed by atoms with Crippen molar-refractivity contribution < 1.29 is 4.79 Å². The van der Waals surface area contributed by atoms with E-state index in [1.54, 1.807) is 0 Å². The molecule has 1 aromatic carbocycles. The largest absolute Gasteiger partial charge is 0.299 e. The quantitative estimate of drug-likeness (QED) is 0.847. The molecule has 0 radical (unpaired) electrons. The van der Waals surface area contributed by atoms with E-state index in [2.05, 4.69) is 15.9 Å². The highest BCUT2D eigenvalue weighted by atomic mass is 79.9. The second-order valence-corrected chi connectivity index (χ2v) is 5.90. The summed E-state index contributed by atoms with van der Waals surface area (Å²) in [5.74, 6) is 2.87. The number of halogens is 1. The fourth-order valence-corrected chi connectivity index (χ4v) is 3.48. The molecule has 15 heavy (non-hydrogen) atoms. The number of thioether (sulfide) groups is 1. The van der Waals surface area contributed by atoms with Crippen molar-refractivity contribution in [3.63, 3.8) is 0 Å². The van der Waals surface area contributed by atoms with Crippen molar-refractivity contribution >= 4 is 33.5 Å². The van der Waals surface area contributed by atoms with E-state index >= 15 is 0 Å². The van der Waals surface area contributed by atoms with E-state index in [0.717, 1.165) is 28.0 Å². The molecule has 0 bridgehead atoms. The summed E-state index contributed by atoms with van der Waals surface area (Å²) in [5.41, 5.74) is 1.12. The first kappa shape index (κ1) is 11.2. The number of hydrogen-bond acceptors (Lipinski definition) is 2. The van der Waals surface area contributed by atoms with E-state index in [0.29, 0.717) is 18.1 Å². The summed E-state index contributed by atoms with van der Waals surface area (Å²) in [6.45, 7) is 0. The lowest BCUT2D eigenvalue weighted by Gasteiger charge is -2.07. The average Bonchev–Trinajstić information content (AvgIpc) is 2.70. The zero-order chi connectivity index (χ0) is 10.7. The molecule has 3 heteroatoms. The maximum absolute atomic E-state index is 11.9. The summed E-state index contributed by atoms with van der Waals surface area (Å²) in [7, 11) is 0. The first-order valence-electron chi connectivity index (χ1n) is 5.10. The van der Waals surface area contributed by atoms with Gasteiger partial charge >= 0.3 is 0 Å². The van der Waals surface area contributed by atoms with E-state index in [1.165, 1.54) is 0 Å². The number of ketones is 1. The molecule has 0 aliphatic carbocycles. The summed E-state index contributed by atoms with van der Waals surface area (Å²) >= 11 is 5.31. The van der Waals surface area contributed by atoms with Gasteiger partial charge in [-0.3, -0.25) is 4.79 Å². The fourth-order valence-electron chi connectivity index (χ4n) is 1.78. The van der Waals surface area contributed by atoms with Gasteiger partial charge in [0.25, 0.3) is 0 Å². The Morgan fingerprint density at radius 2 is 2.40 bits per heavy atom. The van der Waals surface area contributed by atoms with E-state index in [4.69, 9.17) is 0 Å². The van der Waals surface area contributed by atoms with Gasteiger partial charge in [-0.05, 0) is 29.9 Å². The van der Waals surface area contributed by atoms with Crippen LogP contribution >= 0.6 is 27.7 Å². The first-order chi connectivity index (χ1) is 7.25. The molecule has 2 rings (SSSR count). The Kier molecular flexibility index (Phi) is 3.87. The van der Waals surface area contributed by atoms with Gasteiger partial charge in [0.2, 0.25) is 0 Å². The van der Waals surface area contributed by atoms with Gasteiger partial charge in [0.15, 0.2) is 0 Å². The molecule has 0 N–H and O–H groups in total. The Morgan fingerprint density at radius 1 is 1.53 bits per heavy atom. The summed E-state index contributed by atoms with van der Waals surface area (Å²) in [6.07, 6.45) is 1.65. The van der Waals surface area contributed by atoms with Crippen LogP contribution in [0, 0.1) is 5.92 Å². The minimum absolute atomic E-state index is 0.300. The van der Waals surface area contributed by atoms with Crippen molar-refractivity contribution in [2.75, 3.05) is 11.5 Å². The predicted octanol–water partition coefficient (Wildman–Crippen LogP) is 3.31. The Balaban J connectivity index is 1.99. The lowest BCUT2D eigenvalue weighted by molar-refractivity contribution is -0.121. The van der Waals surface area contributed by atoms with Crippen molar-refractivity contribution in [3.8, 4) is 0 Å². The highest BCUT2D eigenvalue weighted by Crippen LogP contribution is 2.25. The molecular weight excluding hydrogens is 272 g/mol. The molecule has 1 heterocycles. The van der Waals surface area contributed by atoms with Gasteiger partial charge in [-0.1, -0.05) is 28.1 Å². The molecule has 0 aromatic heterocycles. The Morgan fingerprint density at radius 3 is 3.07 bits per heavy atom. The second kappa shape index (κ2) is 5.17. The van der Waals surface area contributed by atoms with Gasteiger partial charge in [0.05, 0.1) is 0 Å². The molecule has 0 amide bonds. The van der Waals surface area contributed by atoms with Crippen LogP contribution in [0.3, 0.4) is 0 Å². The van der Waals surface area contributed by atoms with Crippen LogP contribution in [0.2, 0.25) is 0 Å². The highest BCUT2D eigenvalue weighted by molar-refractivity contribution is 9.10. The third-order valence-corrected chi connectivity index (χ3v) is 4.31. The summed E-state index contributed by atoms with van der Waals surface area (Å²) in [6, 6.07) is 8.01. The number of Topliss-reactive ketones (excluding diaryl/α,β-unsaturated/α-hetero) is 1. The van der Waals surface area contributed by atoms with Gasteiger partial charge in [-0.2, -0.15) is 11.8 Å². The lowest BCUT2D eigenvalue weighted by Crippen LogP contribution is -2.15. The smallest absolute Gasteiger partial charge is 0.141 e.